The molecule has 0 N–H and O–H groups in total. The van der Waals surface area contributed by atoms with E-state index >= 15 is 0 Å². The molecule has 0 bridgehead atoms. The van der Waals surface area contributed by atoms with Crippen molar-refractivity contribution in [1.29, 1.82) is 0 Å². The summed E-state index contributed by atoms with van der Waals surface area (Å²) in [6, 6.07) is 7.63. The van der Waals surface area contributed by atoms with Crippen molar-refractivity contribution < 1.29 is 14.3 Å². The Hall–Kier alpha value is -1.51. The van der Waals surface area contributed by atoms with E-state index in [1.807, 2.05) is 24.3 Å². The van der Waals surface area contributed by atoms with E-state index in [4.69, 9.17) is 9.47 Å². The molecule has 0 radical (unpaired) electrons. The number of hydrogen-bond donors (Lipinski definition) is 0. The molecule has 0 fully saturated rings. The maximum absolute atomic E-state index is 11.8. The first-order valence-corrected chi connectivity index (χ1v) is 10.0. The van der Waals surface area contributed by atoms with E-state index in [0.717, 1.165) is 24.2 Å². The average Bonchev–Trinajstić information content (AvgIpc) is 2.64. The lowest BCUT2D eigenvalue weighted by atomic mass is 10.1. The third-order valence-electron chi connectivity index (χ3n) is 4.52. The molecule has 0 aliphatic carbocycles. The fourth-order valence-corrected chi connectivity index (χ4v) is 2.93. The van der Waals surface area contributed by atoms with Crippen LogP contribution in [0.15, 0.2) is 24.3 Å². The number of ether oxygens (including phenoxy) is 2. The predicted octanol–water partition coefficient (Wildman–Crippen LogP) is 6.44. The number of hydrogen-bond acceptors (Lipinski definition) is 3. The highest BCUT2D eigenvalue weighted by Crippen LogP contribution is 2.14. The van der Waals surface area contributed by atoms with E-state index < -0.39 is 0 Å². The lowest BCUT2D eigenvalue weighted by Crippen LogP contribution is -2.04. The molecule has 0 aromatic heterocycles. The van der Waals surface area contributed by atoms with Crippen LogP contribution in [0.5, 0.6) is 5.75 Å². The normalized spacial score (nSPS) is 10.6. The van der Waals surface area contributed by atoms with Crippen LogP contribution in [0.3, 0.4) is 0 Å². The SMILES string of the molecule is CCCCCCCCCCCCCC(=O)OCc1cccc(OC)c1. The zero-order chi connectivity index (χ0) is 18.2. The van der Waals surface area contributed by atoms with Crippen molar-refractivity contribution in [3.8, 4) is 5.75 Å². The van der Waals surface area contributed by atoms with Crippen molar-refractivity contribution in [3.63, 3.8) is 0 Å². The quantitative estimate of drug-likeness (QED) is 0.270. The van der Waals surface area contributed by atoms with Crippen LogP contribution in [0.4, 0.5) is 0 Å². The van der Waals surface area contributed by atoms with Gasteiger partial charge in [0.05, 0.1) is 7.11 Å². The fourth-order valence-electron chi connectivity index (χ4n) is 2.93. The third-order valence-corrected chi connectivity index (χ3v) is 4.52. The van der Waals surface area contributed by atoms with E-state index in [0.29, 0.717) is 13.0 Å². The molecule has 0 amide bonds. The maximum Gasteiger partial charge on any atom is 0.306 e. The van der Waals surface area contributed by atoms with E-state index in [2.05, 4.69) is 6.92 Å². The van der Waals surface area contributed by atoms with E-state index in [-0.39, 0.29) is 5.97 Å². The van der Waals surface area contributed by atoms with Crippen molar-refractivity contribution in [2.45, 2.75) is 90.6 Å². The van der Waals surface area contributed by atoms with Crippen LogP contribution in [0.1, 0.15) is 89.5 Å². The maximum atomic E-state index is 11.8. The van der Waals surface area contributed by atoms with Gasteiger partial charge in [-0.3, -0.25) is 4.79 Å². The summed E-state index contributed by atoms with van der Waals surface area (Å²) in [6.07, 6.45) is 14.7. The van der Waals surface area contributed by atoms with Gasteiger partial charge in [0.25, 0.3) is 0 Å². The molecule has 3 nitrogen and oxygen atoms in total. The van der Waals surface area contributed by atoms with Crippen molar-refractivity contribution in [1.82, 2.24) is 0 Å². The first kappa shape index (κ1) is 21.5. The van der Waals surface area contributed by atoms with Gasteiger partial charge in [0.1, 0.15) is 12.4 Å². The third kappa shape index (κ3) is 11.6. The van der Waals surface area contributed by atoms with Crippen LogP contribution >= 0.6 is 0 Å². The summed E-state index contributed by atoms with van der Waals surface area (Å²) in [5.74, 6) is 0.692. The van der Waals surface area contributed by atoms with Crippen LogP contribution < -0.4 is 4.74 Å². The van der Waals surface area contributed by atoms with Crippen molar-refractivity contribution in [2.75, 3.05) is 7.11 Å². The molecule has 0 heterocycles. The van der Waals surface area contributed by atoms with Crippen molar-refractivity contribution in [3.05, 3.63) is 29.8 Å². The number of unbranched alkanes of at least 4 members (excludes halogenated alkanes) is 10. The number of methoxy groups -OCH3 is 1. The first-order valence-electron chi connectivity index (χ1n) is 10.0. The molecule has 142 valence electrons. The second kappa shape index (κ2) is 14.8. The van der Waals surface area contributed by atoms with Gasteiger partial charge in [-0.15, -0.1) is 0 Å². The Labute approximate surface area is 154 Å². The lowest BCUT2D eigenvalue weighted by Gasteiger charge is -2.06. The molecule has 0 aliphatic heterocycles. The highest BCUT2D eigenvalue weighted by Gasteiger charge is 2.04. The van der Waals surface area contributed by atoms with Gasteiger partial charge in [-0.1, -0.05) is 83.3 Å². The number of carbonyl (C=O) groups excluding carboxylic acids is 1. The van der Waals surface area contributed by atoms with Gasteiger partial charge >= 0.3 is 5.97 Å². The fraction of sp³-hybridized carbons (Fsp3) is 0.682. The Bertz CT molecular complexity index is 456. The number of carbonyl (C=O) groups is 1. The van der Waals surface area contributed by atoms with Gasteiger partial charge in [0.15, 0.2) is 0 Å². The van der Waals surface area contributed by atoms with Gasteiger partial charge in [0, 0.05) is 6.42 Å². The van der Waals surface area contributed by atoms with Crippen LogP contribution in [-0.2, 0) is 16.1 Å². The van der Waals surface area contributed by atoms with Gasteiger partial charge < -0.3 is 9.47 Å². The van der Waals surface area contributed by atoms with E-state index in [9.17, 15) is 4.79 Å². The second-order valence-corrected chi connectivity index (χ2v) is 6.80. The van der Waals surface area contributed by atoms with Crippen molar-refractivity contribution in [2.24, 2.45) is 0 Å². The Morgan fingerprint density at radius 3 is 2.08 bits per heavy atom. The smallest absolute Gasteiger partial charge is 0.306 e. The zero-order valence-corrected chi connectivity index (χ0v) is 16.2. The molecule has 0 aliphatic rings. The molecular weight excluding hydrogens is 312 g/mol. The molecule has 0 spiro atoms. The standard InChI is InChI=1S/C22H36O3/c1-3-4-5-6-7-8-9-10-11-12-13-17-22(23)25-19-20-15-14-16-21(18-20)24-2/h14-16,18H,3-13,17,19H2,1-2H3. The molecule has 0 atom stereocenters. The molecule has 1 aromatic rings. The molecule has 1 aromatic carbocycles. The van der Waals surface area contributed by atoms with Gasteiger partial charge in [-0.25, -0.2) is 0 Å². The molecule has 3 heteroatoms. The molecule has 0 saturated carbocycles. The van der Waals surface area contributed by atoms with Crippen molar-refractivity contribution >= 4 is 5.97 Å². The average molecular weight is 349 g/mol. The summed E-state index contributed by atoms with van der Waals surface area (Å²) in [5, 5.41) is 0. The monoisotopic (exact) mass is 348 g/mol. The highest BCUT2D eigenvalue weighted by molar-refractivity contribution is 5.69. The van der Waals surface area contributed by atoms with Gasteiger partial charge in [-0.05, 0) is 24.1 Å². The number of rotatable bonds is 15. The van der Waals surface area contributed by atoms with Crippen LogP contribution in [-0.4, -0.2) is 13.1 Å². The van der Waals surface area contributed by atoms with Crippen LogP contribution in [0, 0.1) is 0 Å². The summed E-state index contributed by atoms with van der Waals surface area (Å²) >= 11 is 0. The summed E-state index contributed by atoms with van der Waals surface area (Å²) in [7, 11) is 1.64. The topological polar surface area (TPSA) is 35.5 Å². The second-order valence-electron chi connectivity index (χ2n) is 6.80. The summed E-state index contributed by atoms with van der Waals surface area (Å²) in [6.45, 7) is 2.59. The number of esters is 1. The zero-order valence-electron chi connectivity index (χ0n) is 16.2. The summed E-state index contributed by atoms with van der Waals surface area (Å²) in [5.41, 5.74) is 0.964. The minimum absolute atomic E-state index is 0.0984. The van der Waals surface area contributed by atoms with Crippen LogP contribution in [0.25, 0.3) is 0 Å². The molecule has 25 heavy (non-hydrogen) atoms. The van der Waals surface area contributed by atoms with Gasteiger partial charge in [0.2, 0.25) is 0 Å². The van der Waals surface area contributed by atoms with Crippen LogP contribution in [0.2, 0.25) is 0 Å². The molecule has 1 rings (SSSR count). The Kier molecular flexibility index (Phi) is 12.7. The molecular formula is C22H36O3. The first-order chi connectivity index (χ1) is 12.3. The van der Waals surface area contributed by atoms with Gasteiger partial charge in [-0.2, -0.15) is 0 Å². The lowest BCUT2D eigenvalue weighted by molar-refractivity contribution is -0.145. The Balaban J connectivity index is 1.93. The Morgan fingerprint density at radius 2 is 1.48 bits per heavy atom. The highest BCUT2D eigenvalue weighted by atomic mass is 16.5. The molecule has 0 saturated heterocycles. The largest absolute Gasteiger partial charge is 0.497 e. The molecule has 0 unspecified atom stereocenters. The minimum atomic E-state index is -0.0984. The predicted molar refractivity (Wildman–Crippen MR) is 104 cm³/mol. The minimum Gasteiger partial charge on any atom is -0.497 e. The summed E-state index contributed by atoms with van der Waals surface area (Å²) in [4.78, 5) is 11.8. The Morgan fingerprint density at radius 1 is 0.880 bits per heavy atom. The van der Waals surface area contributed by atoms with E-state index in [1.54, 1.807) is 7.11 Å². The summed E-state index contributed by atoms with van der Waals surface area (Å²) < 4.78 is 10.5. The van der Waals surface area contributed by atoms with E-state index in [1.165, 1.54) is 57.8 Å². The number of benzene rings is 1.